The minimum Gasteiger partial charge on any atom is -0.465 e. The minimum absolute atomic E-state index is 0.341. The van der Waals surface area contributed by atoms with Crippen LogP contribution >= 0.6 is 23.2 Å². The van der Waals surface area contributed by atoms with Crippen LogP contribution in [0.25, 0.3) is 11.4 Å². The van der Waals surface area contributed by atoms with Crippen molar-refractivity contribution in [2.75, 3.05) is 44.7 Å². The maximum Gasteiger partial charge on any atom is 0.338 e. The van der Waals surface area contributed by atoms with E-state index in [1.165, 1.54) is 7.11 Å². The highest BCUT2D eigenvalue weighted by atomic mass is 35.5. The molecule has 0 aliphatic carbocycles. The first-order valence-corrected chi connectivity index (χ1v) is 14.0. The van der Waals surface area contributed by atoms with Crippen LogP contribution in [0.4, 0.5) is 5.82 Å². The Morgan fingerprint density at radius 3 is 2.63 bits per heavy atom. The van der Waals surface area contributed by atoms with Gasteiger partial charge in [-0.15, -0.1) is 0 Å². The van der Waals surface area contributed by atoms with Crippen LogP contribution < -0.4 is 4.90 Å². The number of nitrogens with one attached hydrogen (secondary N) is 1. The molecule has 1 N–H and O–H groups in total. The third kappa shape index (κ3) is 5.83. The molecule has 5 rings (SSSR count). The van der Waals surface area contributed by atoms with Crippen LogP contribution in [0.1, 0.15) is 42.1 Å². The summed E-state index contributed by atoms with van der Waals surface area (Å²) in [6.07, 6.45) is 8.65. The highest BCUT2D eigenvalue weighted by molar-refractivity contribution is 6.33. The van der Waals surface area contributed by atoms with Crippen LogP contribution in [0.5, 0.6) is 0 Å². The second-order valence-electron chi connectivity index (χ2n) is 10.0. The summed E-state index contributed by atoms with van der Waals surface area (Å²) >= 11 is 12.8. The van der Waals surface area contributed by atoms with Gasteiger partial charge in [-0.25, -0.2) is 14.8 Å². The number of aromatic nitrogens is 3. The molecule has 2 aliphatic heterocycles. The van der Waals surface area contributed by atoms with Gasteiger partial charge in [0.1, 0.15) is 11.6 Å². The lowest BCUT2D eigenvalue weighted by Gasteiger charge is -2.47. The van der Waals surface area contributed by atoms with Crippen molar-refractivity contribution in [2.45, 2.75) is 44.8 Å². The molecular weight excluding hydrogens is 523 g/mol. The van der Waals surface area contributed by atoms with Gasteiger partial charge in [0, 0.05) is 67.4 Å². The summed E-state index contributed by atoms with van der Waals surface area (Å²) in [6.45, 7) is 7.77. The molecule has 2 fully saturated rings. The average molecular weight is 558 g/mol. The molecule has 2 aromatic heterocycles. The molecule has 10 heteroatoms. The van der Waals surface area contributed by atoms with Gasteiger partial charge in [-0.3, -0.25) is 9.80 Å². The molecule has 2 saturated heterocycles. The van der Waals surface area contributed by atoms with Gasteiger partial charge in [0.05, 0.1) is 17.7 Å². The van der Waals surface area contributed by atoms with Crippen molar-refractivity contribution in [2.24, 2.45) is 0 Å². The third-order valence-corrected chi connectivity index (χ3v) is 8.30. The van der Waals surface area contributed by atoms with Crippen molar-refractivity contribution in [3.8, 4) is 11.4 Å². The first-order chi connectivity index (χ1) is 18.5. The fourth-order valence-electron chi connectivity index (χ4n) is 5.76. The van der Waals surface area contributed by atoms with E-state index >= 15 is 0 Å². The van der Waals surface area contributed by atoms with E-state index in [0.717, 1.165) is 81.3 Å². The molecular formula is C28H34Cl2N6O2. The van der Waals surface area contributed by atoms with Crippen LogP contribution in [0, 0.1) is 0 Å². The van der Waals surface area contributed by atoms with Crippen molar-refractivity contribution in [3.05, 3.63) is 64.0 Å². The molecule has 202 valence electrons. The Balaban J connectivity index is 1.19. The second-order valence-corrected chi connectivity index (χ2v) is 10.9. The summed E-state index contributed by atoms with van der Waals surface area (Å²) < 4.78 is 4.97. The van der Waals surface area contributed by atoms with E-state index in [4.69, 9.17) is 32.9 Å². The fourth-order valence-corrected chi connectivity index (χ4v) is 6.22. The number of ether oxygens (including phenoxy) is 1. The number of imidazole rings is 1. The monoisotopic (exact) mass is 556 g/mol. The lowest BCUT2D eigenvalue weighted by molar-refractivity contribution is 0.0576. The SMILES string of the molecule is CC[C@H]1CN(c2ncc(-c3ncc[nH]3)cc2Cl)CCN1C1CCN(Cc2ccc(Cl)cc2C(=O)OC)CC1. The molecule has 0 unspecified atom stereocenters. The lowest BCUT2D eigenvalue weighted by atomic mass is 9.97. The Morgan fingerprint density at radius 2 is 1.95 bits per heavy atom. The number of rotatable bonds is 7. The van der Waals surface area contributed by atoms with Crippen LogP contribution in [-0.2, 0) is 11.3 Å². The first kappa shape index (κ1) is 26.9. The zero-order valence-corrected chi connectivity index (χ0v) is 23.4. The molecule has 0 amide bonds. The van der Waals surface area contributed by atoms with Crippen molar-refractivity contribution < 1.29 is 9.53 Å². The summed E-state index contributed by atoms with van der Waals surface area (Å²) in [4.78, 5) is 31.8. The van der Waals surface area contributed by atoms with Crippen molar-refractivity contribution in [1.82, 2.24) is 24.8 Å². The minimum atomic E-state index is -0.341. The predicted octanol–water partition coefficient (Wildman–Crippen LogP) is 5.13. The standard InChI is InChI=1S/C28H34Cl2N6O2/c1-3-22-18-35(27-25(30)14-20(16-33-27)26-31-8-9-32-26)12-13-36(22)23-6-10-34(11-7-23)17-19-4-5-21(29)15-24(19)28(37)38-2/h4-5,8-9,14-16,22-23H,3,6-7,10-13,17-18H2,1-2H3,(H,31,32)/t22-/m0/s1. The average Bonchev–Trinajstić information content (AvgIpc) is 3.49. The first-order valence-electron chi connectivity index (χ1n) is 13.2. The van der Waals surface area contributed by atoms with Crippen LogP contribution in [-0.4, -0.2) is 82.6 Å². The molecule has 0 spiro atoms. The van der Waals surface area contributed by atoms with Gasteiger partial charge in [0.25, 0.3) is 0 Å². The summed E-state index contributed by atoms with van der Waals surface area (Å²) in [6, 6.07) is 8.42. The molecule has 0 bridgehead atoms. The van der Waals surface area contributed by atoms with E-state index in [-0.39, 0.29) is 5.97 Å². The summed E-state index contributed by atoms with van der Waals surface area (Å²) in [5.41, 5.74) is 2.40. The summed E-state index contributed by atoms with van der Waals surface area (Å²) in [5, 5.41) is 1.20. The van der Waals surface area contributed by atoms with Crippen molar-refractivity contribution in [1.29, 1.82) is 0 Å². The zero-order chi connectivity index (χ0) is 26.6. The number of carbonyl (C=O) groups is 1. The van der Waals surface area contributed by atoms with Gasteiger partial charge < -0.3 is 14.6 Å². The number of H-pyrrole nitrogens is 1. The predicted molar refractivity (Wildman–Crippen MR) is 151 cm³/mol. The largest absolute Gasteiger partial charge is 0.465 e. The highest BCUT2D eigenvalue weighted by Crippen LogP contribution is 2.31. The number of esters is 1. The Labute approximate surface area is 233 Å². The number of aromatic amines is 1. The Hall–Kier alpha value is -2.65. The second kappa shape index (κ2) is 12.0. The molecule has 4 heterocycles. The lowest BCUT2D eigenvalue weighted by Crippen LogP contribution is -2.58. The van der Waals surface area contributed by atoms with Crippen molar-refractivity contribution >= 4 is 35.0 Å². The van der Waals surface area contributed by atoms with E-state index in [9.17, 15) is 4.79 Å². The number of piperazine rings is 1. The van der Waals surface area contributed by atoms with E-state index in [0.29, 0.717) is 27.7 Å². The molecule has 3 aromatic rings. The highest BCUT2D eigenvalue weighted by Gasteiger charge is 2.34. The molecule has 2 aliphatic rings. The molecule has 38 heavy (non-hydrogen) atoms. The number of halogens is 2. The molecule has 1 aromatic carbocycles. The van der Waals surface area contributed by atoms with E-state index < -0.39 is 0 Å². The Bertz CT molecular complexity index is 1250. The van der Waals surface area contributed by atoms with Crippen LogP contribution in [0.3, 0.4) is 0 Å². The van der Waals surface area contributed by atoms with Gasteiger partial charge in [-0.1, -0.05) is 36.2 Å². The third-order valence-electron chi connectivity index (χ3n) is 7.79. The number of carbonyl (C=O) groups excluding carboxylic acids is 1. The smallest absolute Gasteiger partial charge is 0.338 e. The maximum absolute atomic E-state index is 12.2. The Morgan fingerprint density at radius 1 is 1.13 bits per heavy atom. The molecule has 8 nitrogen and oxygen atoms in total. The number of likely N-dealkylation sites (tertiary alicyclic amines) is 1. The van der Waals surface area contributed by atoms with Gasteiger partial charge in [-0.2, -0.15) is 0 Å². The van der Waals surface area contributed by atoms with Gasteiger partial charge in [-0.05, 0) is 56.1 Å². The van der Waals surface area contributed by atoms with Crippen molar-refractivity contribution in [3.63, 3.8) is 0 Å². The number of methoxy groups -OCH3 is 1. The quantitative estimate of drug-likeness (QED) is 0.404. The molecule has 1 atom stereocenters. The fraction of sp³-hybridized carbons (Fsp3) is 0.464. The topological polar surface area (TPSA) is 77.6 Å². The molecule has 0 radical (unpaired) electrons. The summed E-state index contributed by atoms with van der Waals surface area (Å²) in [7, 11) is 1.41. The number of anilines is 1. The van der Waals surface area contributed by atoms with Gasteiger partial charge in [0.2, 0.25) is 0 Å². The van der Waals surface area contributed by atoms with Crippen LogP contribution in [0.2, 0.25) is 10.0 Å². The van der Waals surface area contributed by atoms with E-state index in [1.54, 1.807) is 18.5 Å². The zero-order valence-electron chi connectivity index (χ0n) is 21.9. The number of benzene rings is 1. The maximum atomic E-state index is 12.2. The summed E-state index contributed by atoms with van der Waals surface area (Å²) in [5.74, 6) is 1.27. The number of pyridine rings is 1. The van der Waals surface area contributed by atoms with Gasteiger partial charge in [0.15, 0.2) is 0 Å². The normalized spacial score (nSPS) is 19.6. The van der Waals surface area contributed by atoms with E-state index in [1.807, 2.05) is 24.4 Å². The number of nitrogens with zero attached hydrogens (tertiary/aromatic N) is 5. The van der Waals surface area contributed by atoms with Crippen LogP contribution in [0.15, 0.2) is 42.9 Å². The number of piperidine rings is 1. The number of hydrogen-bond donors (Lipinski definition) is 1. The number of hydrogen-bond acceptors (Lipinski definition) is 7. The van der Waals surface area contributed by atoms with E-state index in [2.05, 4.69) is 31.6 Å². The molecule has 0 saturated carbocycles. The Kier molecular flexibility index (Phi) is 8.53. The van der Waals surface area contributed by atoms with Gasteiger partial charge >= 0.3 is 5.97 Å².